The zero-order valence-corrected chi connectivity index (χ0v) is 10.8. The first-order valence-corrected chi connectivity index (χ1v) is 6.24. The molecule has 2 aromatic rings. The fourth-order valence-corrected chi connectivity index (χ4v) is 2.09. The molecule has 6 nitrogen and oxygen atoms in total. The van der Waals surface area contributed by atoms with Crippen LogP contribution in [0.25, 0.3) is 11.5 Å². The number of carboxylic acids is 1. The molecule has 2 aromatic heterocycles. The minimum Gasteiger partial charge on any atom is -0.481 e. The third kappa shape index (κ3) is 2.67. The Hall–Kier alpha value is -1.89. The Morgan fingerprint density at radius 3 is 2.89 bits per heavy atom. The highest BCUT2D eigenvalue weighted by atomic mass is 32.2. The van der Waals surface area contributed by atoms with Gasteiger partial charge in [0, 0.05) is 12.7 Å². The molecular formula is C11H12N4O2S. The zero-order chi connectivity index (χ0) is 13.1. The summed E-state index contributed by atoms with van der Waals surface area (Å²) in [5.74, 6) is -0.280. The van der Waals surface area contributed by atoms with Gasteiger partial charge in [0.2, 0.25) is 0 Å². The fourth-order valence-electron chi connectivity index (χ4n) is 1.46. The maximum absolute atomic E-state index is 10.5. The monoisotopic (exact) mass is 264 g/mol. The molecule has 0 aromatic carbocycles. The summed E-state index contributed by atoms with van der Waals surface area (Å²) in [7, 11) is 1.80. The molecule has 0 spiro atoms. The van der Waals surface area contributed by atoms with Crippen LogP contribution in [0.4, 0.5) is 0 Å². The molecule has 18 heavy (non-hydrogen) atoms. The highest BCUT2D eigenvalue weighted by Gasteiger charge is 2.13. The summed E-state index contributed by atoms with van der Waals surface area (Å²) in [6.45, 7) is 1.90. The van der Waals surface area contributed by atoms with Crippen molar-refractivity contribution in [2.45, 2.75) is 12.1 Å². The number of carboxylic acid groups (broad SMARTS) is 1. The van der Waals surface area contributed by atoms with E-state index in [0.717, 1.165) is 23.1 Å². The first-order valence-electron chi connectivity index (χ1n) is 5.26. The molecule has 0 fully saturated rings. The Balaban J connectivity index is 2.28. The van der Waals surface area contributed by atoms with Gasteiger partial charge in [-0.3, -0.25) is 4.79 Å². The molecule has 0 amide bonds. The number of aryl methyl sites for hydroxylation is 1. The number of thioether (sulfide) groups is 1. The Labute approximate surface area is 108 Å². The van der Waals surface area contributed by atoms with Crippen LogP contribution >= 0.6 is 11.8 Å². The Bertz CT molecular complexity index is 582. The predicted octanol–water partition coefficient (Wildman–Crippen LogP) is 1.36. The first-order chi connectivity index (χ1) is 8.58. The van der Waals surface area contributed by atoms with E-state index in [0.29, 0.717) is 11.0 Å². The lowest BCUT2D eigenvalue weighted by Gasteiger charge is -2.02. The van der Waals surface area contributed by atoms with Gasteiger partial charge in [-0.05, 0) is 19.1 Å². The molecule has 0 unspecified atom stereocenters. The molecule has 2 rings (SSSR count). The zero-order valence-electron chi connectivity index (χ0n) is 9.99. The third-order valence-corrected chi connectivity index (χ3v) is 3.28. The van der Waals surface area contributed by atoms with Gasteiger partial charge in [-0.15, -0.1) is 10.2 Å². The van der Waals surface area contributed by atoms with E-state index >= 15 is 0 Å². The van der Waals surface area contributed by atoms with Gasteiger partial charge in [-0.1, -0.05) is 17.8 Å². The number of pyridine rings is 1. The number of nitrogens with zero attached hydrogens (tertiary/aromatic N) is 4. The molecule has 0 saturated heterocycles. The van der Waals surface area contributed by atoms with Crippen LogP contribution in [-0.4, -0.2) is 36.6 Å². The van der Waals surface area contributed by atoms with Gasteiger partial charge >= 0.3 is 5.97 Å². The van der Waals surface area contributed by atoms with E-state index in [1.54, 1.807) is 11.6 Å². The van der Waals surface area contributed by atoms with E-state index in [4.69, 9.17) is 5.11 Å². The number of aromatic nitrogens is 4. The van der Waals surface area contributed by atoms with Crippen molar-refractivity contribution in [2.75, 3.05) is 5.75 Å². The van der Waals surface area contributed by atoms with Crippen LogP contribution in [0, 0.1) is 6.92 Å². The maximum Gasteiger partial charge on any atom is 0.313 e. The summed E-state index contributed by atoms with van der Waals surface area (Å²) in [6, 6.07) is 5.65. The highest BCUT2D eigenvalue weighted by Crippen LogP contribution is 2.21. The van der Waals surface area contributed by atoms with Gasteiger partial charge in [0.15, 0.2) is 11.0 Å². The lowest BCUT2D eigenvalue weighted by Crippen LogP contribution is -2.01. The molecule has 7 heteroatoms. The molecule has 0 aliphatic carbocycles. The minimum absolute atomic E-state index is 0.0345. The summed E-state index contributed by atoms with van der Waals surface area (Å²) in [6.07, 6.45) is 0. The Kier molecular flexibility index (Phi) is 3.61. The van der Waals surface area contributed by atoms with Gasteiger partial charge in [-0.2, -0.15) is 0 Å². The Morgan fingerprint density at radius 1 is 1.44 bits per heavy atom. The van der Waals surface area contributed by atoms with E-state index in [-0.39, 0.29) is 5.75 Å². The summed E-state index contributed by atoms with van der Waals surface area (Å²) in [5, 5.41) is 17.2. The van der Waals surface area contributed by atoms with Crippen molar-refractivity contribution in [2.24, 2.45) is 7.05 Å². The number of carbonyl (C=O) groups is 1. The standard InChI is InChI=1S/C11H12N4O2S/c1-7-4-3-5-8(12-7)10-13-14-11(15(10)2)18-6-9(16)17/h3-5H,6H2,1-2H3,(H,16,17). The maximum atomic E-state index is 10.5. The first kappa shape index (κ1) is 12.6. The van der Waals surface area contributed by atoms with Gasteiger partial charge in [0.05, 0.1) is 5.75 Å². The molecule has 0 atom stereocenters. The SMILES string of the molecule is Cc1cccc(-c2nnc(SCC(=O)O)n2C)n1. The van der Waals surface area contributed by atoms with Crippen molar-refractivity contribution in [1.29, 1.82) is 0 Å². The van der Waals surface area contributed by atoms with E-state index < -0.39 is 5.97 Å². The smallest absolute Gasteiger partial charge is 0.313 e. The second-order valence-electron chi connectivity index (χ2n) is 3.71. The van der Waals surface area contributed by atoms with Crippen molar-refractivity contribution >= 4 is 17.7 Å². The summed E-state index contributed by atoms with van der Waals surface area (Å²) in [5.41, 5.74) is 1.63. The molecule has 0 aliphatic heterocycles. The number of aliphatic carboxylic acids is 1. The van der Waals surface area contributed by atoms with Crippen LogP contribution in [0.3, 0.4) is 0 Å². The van der Waals surface area contributed by atoms with Crippen molar-refractivity contribution in [3.8, 4) is 11.5 Å². The number of hydrogen-bond acceptors (Lipinski definition) is 5. The predicted molar refractivity (Wildman–Crippen MR) is 67.3 cm³/mol. The molecule has 0 saturated carbocycles. The average molecular weight is 264 g/mol. The summed E-state index contributed by atoms with van der Waals surface area (Å²) >= 11 is 1.14. The van der Waals surface area contributed by atoms with E-state index in [2.05, 4.69) is 15.2 Å². The topological polar surface area (TPSA) is 80.9 Å². The number of hydrogen-bond donors (Lipinski definition) is 1. The van der Waals surface area contributed by atoms with Gasteiger partial charge in [0.1, 0.15) is 5.69 Å². The molecular weight excluding hydrogens is 252 g/mol. The largest absolute Gasteiger partial charge is 0.481 e. The molecule has 0 aliphatic rings. The van der Waals surface area contributed by atoms with Crippen LogP contribution in [0.5, 0.6) is 0 Å². The molecule has 2 heterocycles. The molecule has 0 bridgehead atoms. The summed E-state index contributed by atoms with van der Waals surface area (Å²) in [4.78, 5) is 14.9. The van der Waals surface area contributed by atoms with Crippen LogP contribution < -0.4 is 0 Å². The van der Waals surface area contributed by atoms with Crippen LogP contribution in [0.15, 0.2) is 23.4 Å². The minimum atomic E-state index is -0.877. The lowest BCUT2D eigenvalue weighted by atomic mass is 10.3. The number of rotatable bonds is 4. The van der Waals surface area contributed by atoms with Gasteiger partial charge in [0.25, 0.3) is 0 Å². The molecule has 1 N–H and O–H groups in total. The van der Waals surface area contributed by atoms with E-state index in [1.807, 2.05) is 25.1 Å². The fraction of sp³-hybridized carbons (Fsp3) is 0.273. The second kappa shape index (κ2) is 5.18. The van der Waals surface area contributed by atoms with Crippen LogP contribution in [-0.2, 0) is 11.8 Å². The quantitative estimate of drug-likeness (QED) is 0.840. The van der Waals surface area contributed by atoms with E-state index in [9.17, 15) is 4.79 Å². The third-order valence-electron chi connectivity index (χ3n) is 2.28. The van der Waals surface area contributed by atoms with Crippen molar-refractivity contribution < 1.29 is 9.90 Å². The van der Waals surface area contributed by atoms with Crippen molar-refractivity contribution in [3.05, 3.63) is 23.9 Å². The normalized spacial score (nSPS) is 10.6. The van der Waals surface area contributed by atoms with Crippen LogP contribution in [0.1, 0.15) is 5.69 Å². The van der Waals surface area contributed by atoms with Gasteiger partial charge < -0.3 is 9.67 Å². The Morgan fingerprint density at radius 2 is 2.22 bits per heavy atom. The average Bonchev–Trinajstić information content (AvgIpc) is 2.68. The summed E-state index contributed by atoms with van der Waals surface area (Å²) < 4.78 is 1.75. The van der Waals surface area contributed by atoms with Crippen LogP contribution in [0.2, 0.25) is 0 Å². The lowest BCUT2D eigenvalue weighted by molar-refractivity contribution is -0.133. The van der Waals surface area contributed by atoms with Crippen molar-refractivity contribution in [1.82, 2.24) is 19.7 Å². The van der Waals surface area contributed by atoms with Crippen molar-refractivity contribution in [3.63, 3.8) is 0 Å². The van der Waals surface area contributed by atoms with Gasteiger partial charge in [-0.25, -0.2) is 4.98 Å². The second-order valence-corrected chi connectivity index (χ2v) is 4.65. The molecule has 94 valence electrons. The molecule has 0 radical (unpaired) electrons. The van der Waals surface area contributed by atoms with E-state index in [1.165, 1.54) is 0 Å². The highest BCUT2D eigenvalue weighted by molar-refractivity contribution is 7.99.